The predicted octanol–water partition coefficient (Wildman–Crippen LogP) is 0.777. The number of hydrogen-bond donors (Lipinski definition) is 2. The highest BCUT2D eigenvalue weighted by Crippen LogP contribution is 2.26. The van der Waals surface area contributed by atoms with E-state index in [1.54, 1.807) is 12.1 Å². The Bertz CT molecular complexity index is 878. The molecule has 0 bridgehead atoms. The number of carbonyl (C=O) groups is 1. The molecule has 1 aromatic carbocycles. The van der Waals surface area contributed by atoms with Crippen LogP contribution < -0.4 is 5.69 Å². The van der Waals surface area contributed by atoms with Gasteiger partial charge in [0.15, 0.2) is 9.84 Å². The highest BCUT2D eigenvalue weighted by molar-refractivity contribution is 7.91. The van der Waals surface area contributed by atoms with Gasteiger partial charge in [0.1, 0.15) is 0 Å². The van der Waals surface area contributed by atoms with Crippen molar-refractivity contribution >= 4 is 26.8 Å². The number of carboxylic acid groups (broad SMARTS) is 1. The molecule has 3 rings (SSSR count). The largest absolute Gasteiger partial charge is 0.478 e. The lowest BCUT2D eigenvalue weighted by Crippen LogP contribution is -2.32. The minimum atomic E-state index is -3.20. The minimum Gasteiger partial charge on any atom is -0.478 e. The molecule has 0 radical (unpaired) electrons. The van der Waals surface area contributed by atoms with E-state index in [-0.39, 0.29) is 22.6 Å². The normalized spacial score (nSPS) is 21.4. The lowest BCUT2D eigenvalue weighted by atomic mass is 10.1. The van der Waals surface area contributed by atoms with Crippen molar-refractivity contribution in [1.29, 1.82) is 0 Å². The van der Waals surface area contributed by atoms with Crippen molar-refractivity contribution in [2.45, 2.75) is 18.9 Å². The Hall–Kier alpha value is -2.09. The summed E-state index contributed by atoms with van der Waals surface area (Å²) in [7, 11) is -3.20. The first kappa shape index (κ1) is 13.9. The number of aromatic amines is 1. The zero-order chi connectivity index (χ0) is 15.2. The maximum absolute atomic E-state index is 12.1. The van der Waals surface area contributed by atoms with Gasteiger partial charge in [-0.1, -0.05) is 6.07 Å². The lowest BCUT2D eigenvalue weighted by molar-refractivity contribution is 0.0698. The monoisotopic (exact) mass is 310 g/mol. The van der Waals surface area contributed by atoms with Crippen molar-refractivity contribution in [3.63, 3.8) is 0 Å². The van der Waals surface area contributed by atoms with Crippen molar-refractivity contribution in [2.75, 3.05) is 11.5 Å². The molecule has 8 heteroatoms. The van der Waals surface area contributed by atoms with E-state index in [2.05, 4.69) is 4.98 Å². The number of fused-ring (bicyclic) bond motifs is 1. The summed E-state index contributed by atoms with van der Waals surface area (Å²) in [4.78, 5) is 26.1. The van der Waals surface area contributed by atoms with E-state index >= 15 is 0 Å². The average Bonchev–Trinajstić information content (AvgIpc) is 2.72. The van der Waals surface area contributed by atoms with E-state index in [0.29, 0.717) is 18.4 Å². The molecule has 0 aliphatic carbocycles. The molecule has 2 heterocycles. The second-order valence-corrected chi connectivity index (χ2v) is 7.45. The molecule has 1 saturated heterocycles. The number of nitrogens with one attached hydrogen (secondary N) is 1. The van der Waals surface area contributed by atoms with E-state index in [0.717, 1.165) is 0 Å². The molecule has 0 saturated carbocycles. The van der Waals surface area contributed by atoms with Crippen LogP contribution in [0.25, 0.3) is 11.0 Å². The zero-order valence-corrected chi connectivity index (χ0v) is 11.9. The molecule has 1 aromatic heterocycles. The van der Waals surface area contributed by atoms with Gasteiger partial charge in [-0.3, -0.25) is 4.57 Å². The highest BCUT2D eigenvalue weighted by Gasteiger charge is 2.29. The molecule has 1 unspecified atom stereocenters. The van der Waals surface area contributed by atoms with E-state index in [9.17, 15) is 23.1 Å². The number of imidazole rings is 1. The van der Waals surface area contributed by atoms with Gasteiger partial charge in [0, 0.05) is 0 Å². The Morgan fingerprint density at radius 2 is 2.14 bits per heavy atom. The second-order valence-electron chi connectivity index (χ2n) is 5.22. The Morgan fingerprint density at radius 1 is 1.38 bits per heavy atom. The number of sulfone groups is 1. The quantitative estimate of drug-likeness (QED) is 0.851. The molecule has 0 spiro atoms. The summed E-state index contributed by atoms with van der Waals surface area (Å²) in [6, 6.07) is 4.04. The van der Waals surface area contributed by atoms with Crippen LogP contribution in [-0.2, 0) is 9.84 Å². The van der Waals surface area contributed by atoms with Crippen molar-refractivity contribution < 1.29 is 18.3 Å². The number of benzene rings is 1. The van der Waals surface area contributed by atoms with Gasteiger partial charge in [-0.05, 0) is 25.0 Å². The van der Waals surface area contributed by atoms with E-state index in [1.807, 2.05) is 0 Å². The van der Waals surface area contributed by atoms with Crippen molar-refractivity contribution in [3.8, 4) is 0 Å². The number of H-pyrrole nitrogens is 1. The van der Waals surface area contributed by atoms with Gasteiger partial charge in [0.05, 0.1) is 34.1 Å². The van der Waals surface area contributed by atoms with Crippen molar-refractivity contribution in [2.24, 2.45) is 0 Å². The topological polar surface area (TPSA) is 109 Å². The van der Waals surface area contributed by atoms with Crippen LogP contribution in [0.5, 0.6) is 0 Å². The summed E-state index contributed by atoms with van der Waals surface area (Å²) in [5, 5.41) is 9.27. The summed E-state index contributed by atoms with van der Waals surface area (Å²) < 4.78 is 24.8. The number of aromatic carboxylic acids is 1. The van der Waals surface area contributed by atoms with Crippen LogP contribution in [0.15, 0.2) is 23.0 Å². The van der Waals surface area contributed by atoms with Gasteiger partial charge in [0.2, 0.25) is 0 Å². The van der Waals surface area contributed by atoms with Crippen molar-refractivity contribution in [3.05, 3.63) is 34.2 Å². The number of aromatic nitrogens is 2. The summed E-state index contributed by atoms with van der Waals surface area (Å²) in [6.07, 6.45) is 1.02. The van der Waals surface area contributed by atoms with E-state index in [1.165, 1.54) is 10.6 Å². The number of nitrogens with zero attached hydrogens (tertiary/aromatic N) is 1. The van der Waals surface area contributed by atoms with Gasteiger partial charge in [-0.15, -0.1) is 0 Å². The third kappa shape index (κ3) is 2.35. The molecule has 1 fully saturated rings. The van der Waals surface area contributed by atoms with Gasteiger partial charge in [-0.2, -0.15) is 0 Å². The molecule has 21 heavy (non-hydrogen) atoms. The van der Waals surface area contributed by atoms with Gasteiger partial charge in [-0.25, -0.2) is 18.0 Å². The zero-order valence-electron chi connectivity index (χ0n) is 11.1. The van der Waals surface area contributed by atoms with Crippen LogP contribution in [0, 0.1) is 0 Å². The molecule has 1 atom stereocenters. The fourth-order valence-corrected chi connectivity index (χ4v) is 4.58. The summed E-state index contributed by atoms with van der Waals surface area (Å²) in [5.74, 6) is -1.16. The SMILES string of the molecule is O=C(O)c1cccc2[nH]c(=O)n(C3CCCS(=O)(=O)C3)c12. The highest BCUT2D eigenvalue weighted by atomic mass is 32.2. The Kier molecular flexibility index (Phi) is 3.12. The van der Waals surface area contributed by atoms with E-state index < -0.39 is 27.5 Å². The van der Waals surface area contributed by atoms with Crippen LogP contribution in [-0.4, -0.2) is 40.6 Å². The van der Waals surface area contributed by atoms with E-state index in [4.69, 9.17) is 0 Å². The molecule has 2 N–H and O–H groups in total. The van der Waals surface area contributed by atoms with Crippen molar-refractivity contribution in [1.82, 2.24) is 9.55 Å². The van der Waals surface area contributed by atoms with Crippen LogP contribution in [0.3, 0.4) is 0 Å². The van der Waals surface area contributed by atoms with Gasteiger partial charge < -0.3 is 10.1 Å². The molecular weight excluding hydrogens is 296 g/mol. The van der Waals surface area contributed by atoms with Crippen LogP contribution >= 0.6 is 0 Å². The standard InChI is InChI=1S/C13H14N2O5S/c16-12(17)9-4-1-5-10-11(9)15(13(18)14-10)8-3-2-6-21(19,20)7-8/h1,4-5,8H,2-3,6-7H2,(H,14,18)(H,16,17). The molecule has 7 nitrogen and oxygen atoms in total. The molecule has 112 valence electrons. The summed E-state index contributed by atoms with van der Waals surface area (Å²) >= 11 is 0. The van der Waals surface area contributed by atoms with Crippen LogP contribution in [0.2, 0.25) is 0 Å². The number of para-hydroxylation sites is 1. The second kappa shape index (κ2) is 4.73. The predicted molar refractivity (Wildman–Crippen MR) is 76.4 cm³/mol. The first-order valence-electron chi connectivity index (χ1n) is 6.56. The Balaban J connectivity index is 2.25. The molecule has 1 aliphatic heterocycles. The first-order valence-corrected chi connectivity index (χ1v) is 8.38. The maximum Gasteiger partial charge on any atom is 0.337 e. The van der Waals surface area contributed by atoms with Crippen LogP contribution in [0.1, 0.15) is 29.2 Å². The lowest BCUT2D eigenvalue weighted by Gasteiger charge is -2.23. The fourth-order valence-electron chi connectivity index (χ4n) is 2.90. The van der Waals surface area contributed by atoms with Crippen LogP contribution in [0.4, 0.5) is 0 Å². The average molecular weight is 310 g/mol. The van der Waals surface area contributed by atoms with Gasteiger partial charge in [0.25, 0.3) is 0 Å². The third-order valence-electron chi connectivity index (χ3n) is 3.77. The molecular formula is C13H14N2O5S. The summed E-state index contributed by atoms with van der Waals surface area (Å²) in [5.41, 5.74) is 0.189. The number of rotatable bonds is 2. The Morgan fingerprint density at radius 3 is 2.81 bits per heavy atom. The minimum absolute atomic E-state index is 0.00572. The fraction of sp³-hybridized carbons (Fsp3) is 0.385. The summed E-state index contributed by atoms with van der Waals surface area (Å²) in [6.45, 7) is 0. The number of hydrogen-bond acceptors (Lipinski definition) is 4. The number of carboxylic acids is 1. The smallest absolute Gasteiger partial charge is 0.337 e. The van der Waals surface area contributed by atoms with Gasteiger partial charge >= 0.3 is 11.7 Å². The Labute approximate surface area is 120 Å². The molecule has 1 aliphatic rings. The first-order chi connectivity index (χ1) is 9.89. The molecule has 2 aromatic rings. The third-order valence-corrected chi connectivity index (χ3v) is 5.58. The molecule has 0 amide bonds. The maximum atomic E-state index is 12.1.